The maximum Gasteiger partial charge on any atom is 0.471 e. The first-order valence-electron chi connectivity index (χ1n) is 8.22. The number of alkyl halides is 3. The van der Waals surface area contributed by atoms with Gasteiger partial charge < -0.3 is 20.9 Å². The molecule has 0 spiro atoms. The van der Waals surface area contributed by atoms with Crippen molar-refractivity contribution in [3.63, 3.8) is 0 Å². The first-order valence-corrected chi connectivity index (χ1v) is 8.22. The summed E-state index contributed by atoms with van der Waals surface area (Å²) >= 11 is 0. The molecule has 1 amide bonds. The van der Waals surface area contributed by atoms with E-state index in [0.717, 1.165) is 6.20 Å². The molecule has 3 rings (SSSR count). The number of nitrogens with zero attached hydrogens (tertiary/aromatic N) is 4. The van der Waals surface area contributed by atoms with Gasteiger partial charge in [0, 0.05) is 6.54 Å². The predicted molar refractivity (Wildman–Crippen MR) is 95.2 cm³/mol. The molecule has 0 saturated heterocycles. The Hall–Kier alpha value is -4.03. The Morgan fingerprint density at radius 2 is 1.77 bits per heavy atom. The van der Waals surface area contributed by atoms with E-state index in [1.54, 1.807) is 17.4 Å². The van der Waals surface area contributed by atoms with Crippen molar-refractivity contribution in [3.05, 3.63) is 47.3 Å². The van der Waals surface area contributed by atoms with Crippen molar-refractivity contribution in [1.82, 2.24) is 25.3 Å². The van der Waals surface area contributed by atoms with Crippen molar-refractivity contribution in [2.24, 2.45) is 0 Å². The number of carboxylic acid groups (broad SMARTS) is 1. The standard InChI is InChI=1S/C17H13F3N6O4/c18-17(19,20)15(29)23-5-8-1-3-9(4-2-8)7-30-13-11-12(25-16(21)26-13)22-6-10(24-11)14(27)28/h1-4,6H,5,7H2,(H,23,29)(H,27,28)(H2,21,22,25,26). The van der Waals surface area contributed by atoms with Crippen molar-refractivity contribution in [1.29, 1.82) is 0 Å². The molecule has 0 bridgehead atoms. The summed E-state index contributed by atoms with van der Waals surface area (Å²) in [6.07, 6.45) is -3.92. The van der Waals surface area contributed by atoms with Crippen LogP contribution in [0.2, 0.25) is 0 Å². The third-order valence-electron chi connectivity index (χ3n) is 3.72. The molecule has 13 heteroatoms. The first-order chi connectivity index (χ1) is 14.1. The second-order valence-electron chi connectivity index (χ2n) is 5.91. The van der Waals surface area contributed by atoms with Crippen LogP contribution in [0.25, 0.3) is 11.2 Å². The van der Waals surface area contributed by atoms with E-state index in [1.807, 2.05) is 0 Å². The molecule has 2 heterocycles. The fraction of sp³-hybridized carbons (Fsp3) is 0.176. The zero-order valence-electron chi connectivity index (χ0n) is 15.0. The molecular weight excluding hydrogens is 409 g/mol. The van der Waals surface area contributed by atoms with Gasteiger partial charge in [-0.2, -0.15) is 23.1 Å². The molecule has 0 radical (unpaired) electrons. The summed E-state index contributed by atoms with van der Waals surface area (Å²) in [6.45, 7) is -0.320. The Bertz CT molecular complexity index is 1110. The number of carbonyl (C=O) groups is 2. The maximum atomic E-state index is 12.2. The number of nitrogens with two attached hydrogens (primary N) is 1. The van der Waals surface area contributed by atoms with E-state index in [0.29, 0.717) is 11.1 Å². The molecule has 2 aromatic heterocycles. The minimum atomic E-state index is -4.95. The normalized spacial score (nSPS) is 11.3. The minimum Gasteiger partial charge on any atom is -0.476 e. The van der Waals surface area contributed by atoms with Crippen molar-refractivity contribution in [2.45, 2.75) is 19.3 Å². The maximum absolute atomic E-state index is 12.2. The minimum absolute atomic E-state index is 0.00980. The Morgan fingerprint density at radius 1 is 1.10 bits per heavy atom. The summed E-state index contributed by atoms with van der Waals surface area (Å²) in [7, 11) is 0. The van der Waals surface area contributed by atoms with Gasteiger partial charge in [0.1, 0.15) is 6.61 Å². The van der Waals surface area contributed by atoms with E-state index in [1.165, 1.54) is 12.1 Å². The Balaban J connectivity index is 1.71. The molecule has 0 unspecified atom stereocenters. The average Bonchev–Trinajstić information content (AvgIpc) is 2.69. The number of fused-ring (bicyclic) bond motifs is 1. The molecule has 30 heavy (non-hydrogen) atoms. The number of ether oxygens (including phenoxy) is 1. The van der Waals surface area contributed by atoms with Crippen molar-refractivity contribution in [3.8, 4) is 5.88 Å². The van der Waals surface area contributed by atoms with Gasteiger partial charge in [-0.3, -0.25) is 4.79 Å². The number of aromatic nitrogens is 4. The van der Waals surface area contributed by atoms with E-state index < -0.39 is 18.1 Å². The summed E-state index contributed by atoms with van der Waals surface area (Å²) in [6, 6.07) is 6.20. The van der Waals surface area contributed by atoms with E-state index in [2.05, 4.69) is 19.9 Å². The highest BCUT2D eigenvalue weighted by Crippen LogP contribution is 2.21. The van der Waals surface area contributed by atoms with Crippen LogP contribution in [0, 0.1) is 0 Å². The molecule has 0 aliphatic rings. The molecule has 156 valence electrons. The van der Waals surface area contributed by atoms with Crippen LogP contribution in [0.15, 0.2) is 30.5 Å². The van der Waals surface area contributed by atoms with Crippen LogP contribution in [0.5, 0.6) is 5.88 Å². The molecule has 0 aliphatic heterocycles. The molecule has 0 fully saturated rings. The monoisotopic (exact) mass is 422 g/mol. The Labute approximate surface area is 165 Å². The summed E-state index contributed by atoms with van der Waals surface area (Å²) in [5.74, 6) is -3.54. The van der Waals surface area contributed by atoms with Gasteiger partial charge in [-0.05, 0) is 11.1 Å². The summed E-state index contributed by atoms with van der Waals surface area (Å²) in [4.78, 5) is 37.5. The van der Waals surface area contributed by atoms with E-state index in [9.17, 15) is 22.8 Å². The zero-order valence-corrected chi connectivity index (χ0v) is 15.0. The fourth-order valence-corrected chi connectivity index (χ4v) is 2.29. The summed E-state index contributed by atoms with van der Waals surface area (Å²) < 4.78 is 42.1. The molecule has 1 aromatic carbocycles. The molecule has 0 saturated carbocycles. The first kappa shape index (κ1) is 20.7. The van der Waals surface area contributed by atoms with Crippen LogP contribution >= 0.6 is 0 Å². The third-order valence-corrected chi connectivity index (χ3v) is 3.72. The number of nitrogen functional groups attached to an aromatic ring is 1. The number of hydrogen-bond donors (Lipinski definition) is 3. The second-order valence-corrected chi connectivity index (χ2v) is 5.91. The van der Waals surface area contributed by atoms with Gasteiger partial charge in [-0.1, -0.05) is 24.3 Å². The number of carbonyl (C=O) groups excluding carboxylic acids is 1. The van der Waals surface area contributed by atoms with Gasteiger partial charge in [0.15, 0.2) is 16.9 Å². The topological polar surface area (TPSA) is 153 Å². The Morgan fingerprint density at radius 3 is 2.40 bits per heavy atom. The van der Waals surface area contributed by atoms with Crippen molar-refractivity contribution < 1.29 is 32.6 Å². The third kappa shape index (κ3) is 4.87. The highest BCUT2D eigenvalue weighted by atomic mass is 19.4. The lowest BCUT2D eigenvalue weighted by Crippen LogP contribution is -2.36. The summed E-state index contributed by atoms with van der Waals surface area (Å²) in [5, 5.41) is 10.8. The number of nitrogens with one attached hydrogen (secondary N) is 1. The molecule has 0 aliphatic carbocycles. The molecular formula is C17H13F3N6O4. The lowest BCUT2D eigenvalue weighted by Gasteiger charge is -2.10. The van der Waals surface area contributed by atoms with Crippen molar-refractivity contribution in [2.75, 3.05) is 5.73 Å². The van der Waals surface area contributed by atoms with Crippen LogP contribution in [-0.2, 0) is 17.9 Å². The number of aromatic carboxylic acids is 1. The smallest absolute Gasteiger partial charge is 0.471 e. The van der Waals surface area contributed by atoms with E-state index >= 15 is 0 Å². The van der Waals surface area contributed by atoms with Crippen LogP contribution in [0.4, 0.5) is 19.1 Å². The number of halogens is 3. The van der Waals surface area contributed by atoms with Gasteiger partial charge in [-0.15, -0.1) is 0 Å². The van der Waals surface area contributed by atoms with E-state index in [-0.39, 0.29) is 41.8 Å². The molecule has 0 atom stereocenters. The molecule has 3 aromatic rings. The number of anilines is 1. The van der Waals surface area contributed by atoms with Gasteiger partial charge in [0.2, 0.25) is 11.8 Å². The van der Waals surface area contributed by atoms with Crippen LogP contribution in [0.3, 0.4) is 0 Å². The Kier molecular flexibility index (Phi) is 5.62. The number of benzene rings is 1. The highest BCUT2D eigenvalue weighted by Gasteiger charge is 2.38. The number of carboxylic acids is 1. The zero-order chi connectivity index (χ0) is 21.9. The van der Waals surface area contributed by atoms with Gasteiger partial charge in [-0.25, -0.2) is 14.8 Å². The fourth-order valence-electron chi connectivity index (χ4n) is 2.29. The van der Waals surface area contributed by atoms with Gasteiger partial charge >= 0.3 is 18.1 Å². The number of rotatable bonds is 6. The molecule has 10 nitrogen and oxygen atoms in total. The van der Waals surface area contributed by atoms with Crippen LogP contribution in [0.1, 0.15) is 21.6 Å². The highest BCUT2D eigenvalue weighted by molar-refractivity contribution is 5.88. The largest absolute Gasteiger partial charge is 0.476 e. The second kappa shape index (κ2) is 8.14. The quantitative estimate of drug-likeness (QED) is 0.536. The lowest BCUT2D eigenvalue weighted by atomic mass is 10.1. The van der Waals surface area contributed by atoms with Crippen molar-refractivity contribution >= 4 is 29.0 Å². The lowest BCUT2D eigenvalue weighted by molar-refractivity contribution is -0.173. The van der Waals surface area contributed by atoms with Crippen LogP contribution in [-0.4, -0.2) is 43.1 Å². The summed E-state index contributed by atoms with van der Waals surface area (Å²) in [5.41, 5.74) is 6.40. The predicted octanol–water partition coefficient (Wildman–Crippen LogP) is 1.46. The number of hydrogen-bond acceptors (Lipinski definition) is 8. The SMILES string of the molecule is Nc1nc(OCc2ccc(CNC(=O)C(F)(F)F)cc2)c2nc(C(=O)O)cnc2n1. The van der Waals surface area contributed by atoms with Gasteiger partial charge in [0.05, 0.1) is 6.20 Å². The van der Waals surface area contributed by atoms with Crippen LogP contribution < -0.4 is 15.8 Å². The van der Waals surface area contributed by atoms with E-state index in [4.69, 9.17) is 15.6 Å². The molecule has 4 N–H and O–H groups in total. The average molecular weight is 422 g/mol. The van der Waals surface area contributed by atoms with Gasteiger partial charge in [0.25, 0.3) is 0 Å². The number of amides is 1.